The van der Waals surface area contributed by atoms with Crippen LogP contribution in [-0.4, -0.2) is 24.7 Å². The standard InChI is InChI=1S/C16H21NO2/c1-12-10-13(7-9-16(18)19)6-8-15(12)17(2)11-14-4-3-5-14/h6-10,14H,3-5,11H2,1-2H3,(H,18,19). The van der Waals surface area contributed by atoms with Gasteiger partial charge in [-0.2, -0.15) is 0 Å². The van der Waals surface area contributed by atoms with E-state index in [1.165, 1.54) is 36.6 Å². The lowest BCUT2D eigenvalue weighted by atomic mass is 9.85. The van der Waals surface area contributed by atoms with Gasteiger partial charge in [0.05, 0.1) is 0 Å². The molecule has 0 bridgehead atoms. The van der Waals surface area contributed by atoms with E-state index >= 15 is 0 Å². The highest BCUT2D eigenvalue weighted by molar-refractivity contribution is 5.85. The topological polar surface area (TPSA) is 40.5 Å². The van der Waals surface area contributed by atoms with E-state index in [-0.39, 0.29) is 0 Å². The van der Waals surface area contributed by atoms with Crippen molar-refractivity contribution >= 4 is 17.7 Å². The van der Waals surface area contributed by atoms with Crippen LogP contribution in [0.4, 0.5) is 5.69 Å². The van der Waals surface area contributed by atoms with E-state index < -0.39 is 5.97 Å². The molecule has 3 heteroatoms. The van der Waals surface area contributed by atoms with Crippen molar-refractivity contribution in [3.05, 3.63) is 35.4 Å². The van der Waals surface area contributed by atoms with Crippen molar-refractivity contribution in [3.8, 4) is 0 Å². The van der Waals surface area contributed by atoms with Crippen molar-refractivity contribution in [3.63, 3.8) is 0 Å². The molecule has 0 saturated heterocycles. The van der Waals surface area contributed by atoms with Gasteiger partial charge in [0.2, 0.25) is 0 Å². The van der Waals surface area contributed by atoms with Crippen molar-refractivity contribution in [1.82, 2.24) is 0 Å². The van der Waals surface area contributed by atoms with Crippen molar-refractivity contribution in [2.45, 2.75) is 26.2 Å². The molecule has 19 heavy (non-hydrogen) atoms. The van der Waals surface area contributed by atoms with Gasteiger partial charge in [-0.05, 0) is 55.0 Å². The highest BCUT2D eigenvalue weighted by atomic mass is 16.4. The summed E-state index contributed by atoms with van der Waals surface area (Å²) in [5.74, 6) is -0.0696. The summed E-state index contributed by atoms with van der Waals surface area (Å²) in [6.45, 7) is 3.19. The van der Waals surface area contributed by atoms with Crippen molar-refractivity contribution in [1.29, 1.82) is 0 Å². The zero-order valence-corrected chi connectivity index (χ0v) is 11.6. The monoisotopic (exact) mass is 259 g/mol. The first-order valence-corrected chi connectivity index (χ1v) is 6.79. The molecule has 1 saturated carbocycles. The number of anilines is 1. The van der Waals surface area contributed by atoms with Crippen LogP contribution < -0.4 is 4.90 Å². The number of aliphatic carboxylic acids is 1. The normalized spacial score (nSPS) is 15.5. The first kappa shape index (κ1) is 13.7. The van der Waals surface area contributed by atoms with Gasteiger partial charge < -0.3 is 10.0 Å². The van der Waals surface area contributed by atoms with Crippen LogP contribution in [0.3, 0.4) is 0 Å². The van der Waals surface area contributed by atoms with Gasteiger partial charge in [0, 0.05) is 25.4 Å². The first-order chi connectivity index (χ1) is 9.06. The molecular weight excluding hydrogens is 238 g/mol. The maximum Gasteiger partial charge on any atom is 0.328 e. The fourth-order valence-corrected chi connectivity index (χ4v) is 2.54. The first-order valence-electron chi connectivity index (χ1n) is 6.79. The molecule has 1 fully saturated rings. The van der Waals surface area contributed by atoms with Gasteiger partial charge in [-0.1, -0.05) is 12.5 Å². The predicted molar refractivity (Wildman–Crippen MR) is 78.5 cm³/mol. The fourth-order valence-electron chi connectivity index (χ4n) is 2.54. The van der Waals surface area contributed by atoms with Gasteiger partial charge in [0.1, 0.15) is 0 Å². The summed E-state index contributed by atoms with van der Waals surface area (Å²) in [4.78, 5) is 12.8. The van der Waals surface area contributed by atoms with Crippen LogP contribution in [0.2, 0.25) is 0 Å². The molecule has 0 radical (unpaired) electrons. The van der Waals surface area contributed by atoms with Gasteiger partial charge in [0.15, 0.2) is 0 Å². The van der Waals surface area contributed by atoms with Crippen molar-refractivity contribution in [2.24, 2.45) is 5.92 Å². The zero-order valence-electron chi connectivity index (χ0n) is 11.6. The van der Waals surface area contributed by atoms with Crippen LogP contribution in [0, 0.1) is 12.8 Å². The number of carboxylic acid groups (broad SMARTS) is 1. The maximum absolute atomic E-state index is 10.5. The molecule has 1 aromatic rings. The van der Waals surface area contributed by atoms with E-state index in [4.69, 9.17) is 5.11 Å². The molecule has 0 heterocycles. The Kier molecular flexibility index (Phi) is 4.25. The Balaban J connectivity index is 2.07. The van der Waals surface area contributed by atoms with E-state index in [1.54, 1.807) is 6.08 Å². The Morgan fingerprint density at radius 2 is 2.21 bits per heavy atom. The van der Waals surface area contributed by atoms with E-state index in [0.29, 0.717) is 0 Å². The minimum absolute atomic E-state index is 0.844. The SMILES string of the molecule is Cc1cc(C=CC(=O)O)ccc1N(C)CC1CCC1. The lowest BCUT2D eigenvalue weighted by Crippen LogP contribution is -2.29. The van der Waals surface area contributed by atoms with Crippen LogP contribution in [0.15, 0.2) is 24.3 Å². The number of nitrogens with zero attached hydrogens (tertiary/aromatic N) is 1. The average molecular weight is 259 g/mol. The number of carbonyl (C=O) groups is 1. The van der Waals surface area contributed by atoms with E-state index in [2.05, 4.69) is 24.9 Å². The summed E-state index contributed by atoms with van der Waals surface area (Å²) in [6.07, 6.45) is 6.87. The van der Waals surface area contributed by atoms with E-state index in [9.17, 15) is 4.79 Å². The molecule has 102 valence electrons. The molecule has 1 N–H and O–H groups in total. The van der Waals surface area contributed by atoms with E-state index in [1.807, 2.05) is 12.1 Å². The van der Waals surface area contributed by atoms with Gasteiger partial charge in [0.25, 0.3) is 0 Å². The van der Waals surface area contributed by atoms with Gasteiger partial charge in [-0.25, -0.2) is 4.79 Å². The minimum Gasteiger partial charge on any atom is -0.478 e. The van der Waals surface area contributed by atoms with Crippen LogP contribution in [-0.2, 0) is 4.79 Å². The largest absolute Gasteiger partial charge is 0.478 e. The average Bonchev–Trinajstić information content (AvgIpc) is 2.31. The highest BCUT2D eigenvalue weighted by Gasteiger charge is 2.19. The summed E-state index contributed by atoms with van der Waals surface area (Å²) in [6, 6.07) is 6.08. The number of rotatable bonds is 5. The smallest absolute Gasteiger partial charge is 0.328 e. The van der Waals surface area contributed by atoms with Crippen LogP contribution in [0.25, 0.3) is 6.08 Å². The van der Waals surface area contributed by atoms with Crippen molar-refractivity contribution < 1.29 is 9.90 Å². The van der Waals surface area contributed by atoms with E-state index in [0.717, 1.165) is 18.0 Å². The number of carboxylic acids is 1. The number of benzene rings is 1. The molecule has 1 aliphatic carbocycles. The molecule has 0 aromatic heterocycles. The molecule has 3 nitrogen and oxygen atoms in total. The summed E-state index contributed by atoms with van der Waals surface area (Å²) in [7, 11) is 2.13. The third-order valence-corrected chi connectivity index (χ3v) is 3.81. The highest BCUT2D eigenvalue weighted by Crippen LogP contribution is 2.29. The Bertz CT molecular complexity index is 490. The number of hydrogen-bond acceptors (Lipinski definition) is 2. The minimum atomic E-state index is -0.913. The Labute approximate surface area is 114 Å². The number of aryl methyl sites for hydroxylation is 1. The van der Waals surface area contributed by atoms with Crippen LogP contribution in [0.5, 0.6) is 0 Å². The predicted octanol–water partition coefficient (Wildman–Crippen LogP) is 3.33. The number of hydrogen-bond donors (Lipinski definition) is 1. The molecule has 1 aliphatic rings. The molecular formula is C16H21NO2. The van der Waals surface area contributed by atoms with Crippen LogP contribution in [0.1, 0.15) is 30.4 Å². The lowest BCUT2D eigenvalue weighted by Gasteiger charge is -2.32. The maximum atomic E-state index is 10.5. The third kappa shape index (κ3) is 3.60. The molecule has 1 aromatic carbocycles. The summed E-state index contributed by atoms with van der Waals surface area (Å²) in [5, 5.41) is 8.62. The van der Waals surface area contributed by atoms with Crippen LogP contribution >= 0.6 is 0 Å². The molecule has 0 atom stereocenters. The van der Waals surface area contributed by atoms with Gasteiger partial charge >= 0.3 is 5.97 Å². The zero-order chi connectivity index (χ0) is 13.8. The molecule has 0 aliphatic heterocycles. The Morgan fingerprint density at radius 1 is 1.47 bits per heavy atom. The molecule has 0 spiro atoms. The second kappa shape index (κ2) is 5.91. The Hall–Kier alpha value is -1.77. The fraction of sp³-hybridized carbons (Fsp3) is 0.438. The van der Waals surface area contributed by atoms with Gasteiger partial charge in [-0.3, -0.25) is 0 Å². The molecule has 2 rings (SSSR count). The van der Waals surface area contributed by atoms with Gasteiger partial charge in [-0.15, -0.1) is 0 Å². The summed E-state index contributed by atoms with van der Waals surface area (Å²) < 4.78 is 0. The summed E-state index contributed by atoms with van der Waals surface area (Å²) >= 11 is 0. The summed E-state index contributed by atoms with van der Waals surface area (Å²) in [5.41, 5.74) is 3.36. The quantitative estimate of drug-likeness (QED) is 0.825. The third-order valence-electron chi connectivity index (χ3n) is 3.81. The Morgan fingerprint density at radius 3 is 2.74 bits per heavy atom. The second-order valence-corrected chi connectivity index (χ2v) is 5.39. The second-order valence-electron chi connectivity index (χ2n) is 5.39. The molecule has 0 unspecified atom stereocenters. The van der Waals surface area contributed by atoms with Crippen molar-refractivity contribution in [2.75, 3.05) is 18.5 Å². The molecule has 0 amide bonds. The lowest BCUT2D eigenvalue weighted by molar-refractivity contribution is -0.131.